The minimum atomic E-state index is 0.672. The predicted molar refractivity (Wildman–Crippen MR) is 108 cm³/mol. The minimum absolute atomic E-state index is 0.672. The fraction of sp³-hybridized carbons (Fsp3) is 1.00. The molecule has 2 heterocycles. The Bertz CT molecular complexity index is 357. The van der Waals surface area contributed by atoms with Crippen LogP contribution in [-0.2, 0) is 0 Å². The second-order valence-corrected chi connectivity index (χ2v) is 8.53. The second-order valence-electron chi connectivity index (χ2n) is 8.53. The first-order valence-electron chi connectivity index (χ1n) is 10.5. The molecule has 5 heteroatoms. The molecule has 0 bridgehead atoms. The van der Waals surface area contributed by atoms with Crippen LogP contribution in [0.4, 0.5) is 0 Å². The molecule has 3 unspecified atom stereocenters. The first-order chi connectivity index (χ1) is 11.9. The van der Waals surface area contributed by atoms with Gasteiger partial charge in [-0.15, -0.1) is 0 Å². The van der Waals surface area contributed by atoms with Crippen molar-refractivity contribution >= 4 is 0 Å². The summed E-state index contributed by atoms with van der Waals surface area (Å²) < 4.78 is 0. The third kappa shape index (κ3) is 6.47. The fourth-order valence-corrected chi connectivity index (χ4v) is 4.15. The van der Waals surface area contributed by atoms with Gasteiger partial charge in [-0.05, 0) is 54.4 Å². The van der Waals surface area contributed by atoms with Gasteiger partial charge in [0.15, 0.2) is 0 Å². The Balaban J connectivity index is 1.62. The first kappa shape index (κ1) is 21.1. The maximum atomic E-state index is 2.70. The normalized spacial score (nSPS) is 29.4. The molecule has 0 amide bonds. The Morgan fingerprint density at radius 1 is 0.960 bits per heavy atom. The van der Waals surface area contributed by atoms with Gasteiger partial charge in [-0.3, -0.25) is 14.7 Å². The van der Waals surface area contributed by atoms with Gasteiger partial charge in [-0.2, -0.15) is 0 Å². The van der Waals surface area contributed by atoms with E-state index in [4.69, 9.17) is 0 Å². The monoisotopic (exact) mass is 353 g/mol. The molecule has 2 rings (SSSR count). The maximum absolute atomic E-state index is 2.70. The zero-order valence-electron chi connectivity index (χ0n) is 17.7. The quantitative estimate of drug-likeness (QED) is 0.653. The van der Waals surface area contributed by atoms with E-state index >= 15 is 0 Å². The summed E-state index contributed by atoms with van der Waals surface area (Å²) in [7, 11) is 4.57. The van der Waals surface area contributed by atoms with Crippen molar-refractivity contribution in [3.05, 3.63) is 0 Å². The largest absolute Gasteiger partial charge is 0.305 e. The Labute approximate surface area is 156 Å². The van der Waals surface area contributed by atoms with Crippen molar-refractivity contribution < 1.29 is 0 Å². The lowest BCUT2D eigenvalue weighted by Gasteiger charge is -2.45. The molecule has 0 aromatic rings. The van der Waals surface area contributed by atoms with E-state index < -0.39 is 0 Å². The molecule has 25 heavy (non-hydrogen) atoms. The molecular weight excluding hydrogens is 310 g/mol. The van der Waals surface area contributed by atoms with E-state index in [0.717, 1.165) is 0 Å². The number of piperazine rings is 2. The van der Waals surface area contributed by atoms with Crippen LogP contribution in [0.1, 0.15) is 34.1 Å². The molecule has 0 saturated carbocycles. The van der Waals surface area contributed by atoms with Crippen LogP contribution in [0.5, 0.6) is 0 Å². The van der Waals surface area contributed by atoms with E-state index in [1.165, 1.54) is 71.9 Å². The van der Waals surface area contributed by atoms with Crippen molar-refractivity contribution in [2.75, 3.05) is 79.5 Å². The van der Waals surface area contributed by atoms with Crippen LogP contribution < -0.4 is 0 Å². The third-order valence-electron chi connectivity index (χ3n) is 6.65. The molecule has 0 aliphatic carbocycles. The standard InChI is InChI=1S/C20H43N5/c1-7-23-12-14-24(15-13-23)11-10-21(5)9-8-18(2)25-16-19(3)22(6)20(4)17-25/h18-20H,7-17H2,1-6H3. The molecule has 5 nitrogen and oxygen atoms in total. The molecule has 2 aliphatic heterocycles. The second kappa shape index (κ2) is 10.2. The molecule has 0 aromatic heterocycles. The van der Waals surface area contributed by atoms with Crippen LogP contribution in [0.25, 0.3) is 0 Å². The smallest absolute Gasteiger partial charge is 0.0195 e. The summed E-state index contributed by atoms with van der Waals surface area (Å²) in [5.74, 6) is 0. The van der Waals surface area contributed by atoms with E-state index in [0.29, 0.717) is 18.1 Å². The highest BCUT2D eigenvalue weighted by Gasteiger charge is 2.28. The van der Waals surface area contributed by atoms with E-state index in [2.05, 4.69) is 66.3 Å². The molecule has 2 aliphatic rings. The van der Waals surface area contributed by atoms with Gasteiger partial charge in [0.25, 0.3) is 0 Å². The van der Waals surface area contributed by atoms with Crippen molar-refractivity contribution in [3.8, 4) is 0 Å². The highest BCUT2D eigenvalue weighted by atomic mass is 15.3. The molecular formula is C20H43N5. The zero-order valence-corrected chi connectivity index (χ0v) is 17.7. The lowest BCUT2D eigenvalue weighted by Crippen LogP contribution is -2.57. The highest BCUT2D eigenvalue weighted by molar-refractivity contribution is 4.85. The molecule has 2 fully saturated rings. The Kier molecular flexibility index (Phi) is 8.62. The summed E-state index contributed by atoms with van der Waals surface area (Å²) in [6.07, 6.45) is 1.28. The summed E-state index contributed by atoms with van der Waals surface area (Å²) in [6, 6.07) is 2.03. The van der Waals surface area contributed by atoms with Crippen molar-refractivity contribution in [2.45, 2.75) is 52.2 Å². The number of nitrogens with zero attached hydrogens (tertiary/aromatic N) is 5. The van der Waals surface area contributed by atoms with Gasteiger partial charge in [-0.25, -0.2) is 0 Å². The van der Waals surface area contributed by atoms with Crippen LogP contribution >= 0.6 is 0 Å². The maximum Gasteiger partial charge on any atom is 0.0195 e. The summed E-state index contributed by atoms with van der Waals surface area (Å²) in [5, 5.41) is 0. The van der Waals surface area contributed by atoms with Gasteiger partial charge in [0, 0.05) is 70.5 Å². The Hall–Kier alpha value is -0.200. The molecule has 2 saturated heterocycles. The molecule has 0 spiro atoms. The van der Waals surface area contributed by atoms with Crippen LogP contribution in [0.2, 0.25) is 0 Å². The van der Waals surface area contributed by atoms with Crippen molar-refractivity contribution in [2.24, 2.45) is 0 Å². The first-order valence-corrected chi connectivity index (χ1v) is 10.5. The van der Waals surface area contributed by atoms with Gasteiger partial charge >= 0.3 is 0 Å². The molecule has 0 aromatic carbocycles. The molecule has 148 valence electrons. The van der Waals surface area contributed by atoms with Crippen LogP contribution in [-0.4, -0.2) is 122 Å². The van der Waals surface area contributed by atoms with Crippen molar-refractivity contribution in [3.63, 3.8) is 0 Å². The minimum Gasteiger partial charge on any atom is -0.305 e. The third-order valence-corrected chi connectivity index (χ3v) is 6.65. The molecule has 0 N–H and O–H groups in total. The average molecular weight is 354 g/mol. The van der Waals surface area contributed by atoms with Crippen LogP contribution in [0.3, 0.4) is 0 Å². The van der Waals surface area contributed by atoms with Crippen molar-refractivity contribution in [1.29, 1.82) is 0 Å². The number of rotatable bonds is 8. The fourth-order valence-electron chi connectivity index (χ4n) is 4.15. The summed E-state index contributed by atoms with van der Waals surface area (Å²) in [5.41, 5.74) is 0. The van der Waals surface area contributed by atoms with Gasteiger partial charge in [-0.1, -0.05) is 6.92 Å². The van der Waals surface area contributed by atoms with E-state index in [9.17, 15) is 0 Å². The van der Waals surface area contributed by atoms with Gasteiger partial charge in [0.05, 0.1) is 0 Å². The average Bonchev–Trinajstić information content (AvgIpc) is 2.62. The van der Waals surface area contributed by atoms with Crippen LogP contribution in [0.15, 0.2) is 0 Å². The lowest BCUT2D eigenvalue weighted by atomic mass is 10.1. The Morgan fingerprint density at radius 2 is 1.52 bits per heavy atom. The number of hydrogen-bond acceptors (Lipinski definition) is 5. The van der Waals surface area contributed by atoms with Crippen LogP contribution in [0, 0.1) is 0 Å². The van der Waals surface area contributed by atoms with Gasteiger partial charge < -0.3 is 9.80 Å². The SMILES string of the molecule is CCN1CCN(CCN(C)CCC(C)N2CC(C)N(C)C(C)C2)CC1. The highest BCUT2D eigenvalue weighted by Crippen LogP contribution is 2.17. The lowest BCUT2D eigenvalue weighted by molar-refractivity contribution is 0.0335. The zero-order chi connectivity index (χ0) is 18.4. The summed E-state index contributed by atoms with van der Waals surface area (Å²) in [6.45, 7) is 21.7. The van der Waals surface area contributed by atoms with E-state index in [1.807, 2.05) is 0 Å². The molecule has 3 atom stereocenters. The van der Waals surface area contributed by atoms with E-state index in [-0.39, 0.29) is 0 Å². The van der Waals surface area contributed by atoms with Gasteiger partial charge in [0.1, 0.15) is 0 Å². The summed E-state index contributed by atoms with van der Waals surface area (Å²) in [4.78, 5) is 12.9. The predicted octanol–water partition coefficient (Wildman–Crippen LogP) is 1.36. The number of likely N-dealkylation sites (N-methyl/N-ethyl adjacent to an activating group) is 3. The van der Waals surface area contributed by atoms with Crippen molar-refractivity contribution in [1.82, 2.24) is 24.5 Å². The topological polar surface area (TPSA) is 16.2 Å². The number of hydrogen-bond donors (Lipinski definition) is 0. The van der Waals surface area contributed by atoms with Gasteiger partial charge in [0.2, 0.25) is 0 Å². The summed E-state index contributed by atoms with van der Waals surface area (Å²) >= 11 is 0. The van der Waals surface area contributed by atoms with E-state index in [1.54, 1.807) is 0 Å². The Morgan fingerprint density at radius 3 is 2.08 bits per heavy atom. The molecule has 0 radical (unpaired) electrons.